The number of nitrogens with one attached hydrogen (secondary N) is 1. The van der Waals surface area contributed by atoms with Gasteiger partial charge in [-0.3, -0.25) is 14.6 Å². The SMILES string of the molecule is COc1ccc(CN2CCN([C@@H](C(=O)O)c3c[nH]c4ccc(C)cc34)CC2)c(OC)c1OC. The highest BCUT2D eigenvalue weighted by Crippen LogP contribution is 2.40. The summed E-state index contributed by atoms with van der Waals surface area (Å²) >= 11 is 0. The number of aromatic nitrogens is 1. The zero-order valence-corrected chi connectivity index (χ0v) is 19.6. The molecule has 0 radical (unpaired) electrons. The first kappa shape index (κ1) is 22.9. The molecule has 0 unspecified atom stereocenters. The van der Waals surface area contributed by atoms with Crippen molar-refractivity contribution in [1.82, 2.24) is 14.8 Å². The maximum absolute atomic E-state index is 12.3. The summed E-state index contributed by atoms with van der Waals surface area (Å²) in [5.41, 5.74) is 3.89. The second kappa shape index (κ2) is 9.72. The molecule has 2 heterocycles. The van der Waals surface area contributed by atoms with Gasteiger partial charge >= 0.3 is 5.97 Å². The number of carbonyl (C=O) groups is 1. The van der Waals surface area contributed by atoms with Crippen molar-refractivity contribution in [3.63, 3.8) is 0 Å². The Labute approximate surface area is 193 Å². The molecule has 1 atom stereocenters. The van der Waals surface area contributed by atoms with Gasteiger partial charge in [0.1, 0.15) is 6.04 Å². The number of rotatable bonds is 8. The molecule has 0 bridgehead atoms. The molecule has 2 N–H and O–H groups in total. The van der Waals surface area contributed by atoms with E-state index in [2.05, 4.69) is 20.9 Å². The summed E-state index contributed by atoms with van der Waals surface area (Å²) in [6.07, 6.45) is 1.84. The van der Waals surface area contributed by atoms with Crippen LogP contribution >= 0.6 is 0 Å². The average molecular weight is 454 g/mol. The van der Waals surface area contributed by atoms with E-state index in [-0.39, 0.29) is 0 Å². The van der Waals surface area contributed by atoms with Crippen LogP contribution in [0.4, 0.5) is 0 Å². The predicted octanol–water partition coefficient (Wildman–Crippen LogP) is 3.45. The number of fused-ring (bicyclic) bond motifs is 1. The van der Waals surface area contributed by atoms with Gasteiger partial charge in [-0.2, -0.15) is 0 Å². The molecule has 0 amide bonds. The van der Waals surface area contributed by atoms with Crippen LogP contribution in [0.5, 0.6) is 17.2 Å². The Morgan fingerprint density at radius 1 is 1.03 bits per heavy atom. The predicted molar refractivity (Wildman–Crippen MR) is 126 cm³/mol. The van der Waals surface area contributed by atoms with Gasteiger partial charge in [0.25, 0.3) is 0 Å². The lowest BCUT2D eigenvalue weighted by Gasteiger charge is -2.37. The van der Waals surface area contributed by atoms with E-state index in [9.17, 15) is 9.90 Å². The van der Waals surface area contributed by atoms with Gasteiger partial charge in [0, 0.05) is 61.0 Å². The number of ether oxygens (including phenoxy) is 3. The van der Waals surface area contributed by atoms with E-state index in [1.54, 1.807) is 21.3 Å². The fourth-order valence-corrected chi connectivity index (χ4v) is 4.68. The fourth-order valence-electron chi connectivity index (χ4n) is 4.68. The van der Waals surface area contributed by atoms with Crippen LogP contribution in [0.25, 0.3) is 10.9 Å². The molecule has 2 aromatic carbocycles. The normalized spacial score (nSPS) is 16.0. The van der Waals surface area contributed by atoms with Crippen molar-refractivity contribution >= 4 is 16.9 Å². The molecule has 8 nitrogen and oxygen atoms in total. The second-order valence-corrected chi connectivity index (χ2v) is 8.34. The lowest BCUT2D eigenvalue weighted by atomic mass is 10.0. The first-order valence-electron chi connectivity index (χ1n) is 11.0. The highest BCUT2D eigenvalue weighted by Gasteiger charge is 2.32. The molecular formula is C25H31N3O5. The molecule has 1 saturated heterocycles. The quantitative estimate of drug-likeness (QED) is 0.540. The zero-order chi connectivity index (χ0) is 23.5. The molecule has 1 aromatic heterocycles. The van der Waals surface area contributed by atoms with E-state index in [4.69, 9.17) is 14.2 Å². The Balaban J connectivity index is 1.50. The molecule has 1 aliphatic rings. The standard InChI is InChI=1S/C25H31N3O5/c1-16-5-7-20-18(13-16)19(14-26-20)22(25(29)30)28-11-9-27(10-12-28)15-17-6-8-21(31-2)24(33-4)23(17)32-3/h5-8,13-14,22,26H,9-12,15H2,1-4H3,(H,29,30)/t22-/m1/s1. The summed E-state index contributed by atoms with van der Waals surface area (Å²) in [5, 5.41) is 11.1. The topological polar surface area (TPSA) is 87.3 Å². The zero-order valence-electron chi connectivity index (χ0n) is 19.6. The van der Waals surface area contributed by atoms with Gasteiger partial charge in [-0.05, 0) is 25.1 Å². The summed E-state index contributed by atoms with van der Waals surface area (Å²) in [6.45, 7) is 5.52. The number of benzene rings is 2. The van der Waals surface area contributed by atoms with E-state index in [1.165, 1.54) is 0 Å². The minimum absolute atomic E-state index is 0.580. The minimum Gasteiger partial charge on any atom is -0.493 e. The minimum atomic E-state index is -0.826. The lowest BCUT2D eigenvalue weighted by molar-refractivity contribution is -0.144. The number of hydrogen-bond donors (Lipinski definition) is 2. The van der Waals surface area contributed by atoms with Gasteiger partial charge in [-0.15, -0.1) is 0 Å². The third kappa shape index (κ3) is 4.49. The van der Waals surface area contributed by atoms with Gasteiger partial charge in [0.15, 0.2) is 11.5 Å². The summed E-state index contributed by atoms with van der Waals surface area (Å²) in [4.78, 5) is 19.9. The van der Waals surface area contributed by atoms with Gasteiger partial charge in [0.2, 0.25) is 5.75 Å². The van der Waals surface area contributed by atoms with Crippen molar-refractivity contribution < 1.29 is 24.1 Å². The van der Waals surface area contributed by atoms with Gasteiger partial charge in [0.05, 0.1) is 21.3 Å². The number of carboxylic acid groups (broad SMARTS) is 1. The maximum atomic E-state index is 12.3. The number of aliphatic carboxylic acids is 1. The first-order chi connectivity index (χ1) is 16.0. The molecule has 1 fully saturated rings. The third-order valence-corrected chi connectivity index (χ3v) is 6.35. The van der Waals surface area contributed by atoms with E-state index in [1.807, 2.05) is 37.4 Å². The van der Waals surface area contributed by atoms with Crippen LogP contribution < -0.4 is 14.2 Å². The summed E-state index contributed by atoms with van der Waals surface area (Å²) in [7, 11) is 4.82. The summed E-state index contributed by atoms with van der Waals surface area (Å²) in [5.74, 6) is 1.04. The van der Waals surface area contributed by atoms with Crippen LogP contribution in [0.15, 0.2) is 36.5 Å². The molecule has 0 saturated carbocycles. The largest absolute Gasteiger partial charge is 0.493 e. The maximum Gasteiger partial charge on any atom is 0.325 e. The van der Waals surface area contributed by atoms with E-state index in [0.29, 0.717) is 36.9 Å². The number of aromatic amines is 1. The molecule has 8 heteroatoms. The van der Waals surface area contributed by atoms with Gasteiger partial charge in [-0.1, -0.05) is 17.7 Å². The number of aryl methyl sites for hydroxylation is 1. The van der Waals surface area contributed by atoms with Gasteiger partial charge < -0.3 is 24.3 Å². The Morgan fingerprint density at radius 2 is 1.76 bits per heavy atom. The number of hydrogen-bond acceptors (Lipinski definition) is 6. The van der Waals surface area contributed by atoms with Crippen LogP contribution in [-0.4, -0.2) is 73.4 Å². The number of carboxylic acids is 1. The molecule has 176 valence electrons. The Bertz CT molecular complexity index is 1130. The molecule has 33 heavy (non-hydrogen) atoms. The number of methoxy groups -OCH3 is 3. The Hall–Kier alpha value is -3.23. The van der Waals surface area contributed by atoms with E-state index < -0.39 is 12.0 Å². The number of piperazine rings is 1. The monoisotopic (exact) mass is 453 g/mol. The van der Waals surface area contributed by atoms with Crippen molar-refractivity contribution in [1.29, 1.82) is 0 Å². The number of H-pyrrole nitrogens is 1. The van der Waals surface area contributed by atoms with Crippen LogP contribution in [0.3, 0.4) is 0 Å². The van der Waals surface area contributed by atoms with Gasteiger partial charge in [-0.25, -0.2) is 0 Å². The van der Waals surface area contributed by atoms with Crippen molar-refractivity contribution in [3.05, 3.63) is 53.2 Å². The van der Waals surface area contributed by atoms with Crippen molar-refractivity contribution in [2.24, 2.45) is 0 Å². The Morgan fingerprint density at radius 3 is 2.39 bits per heavy atom. The first-order valence-corrected chi connectivity index (χ1v) is 11.0. The van der Waals surface area contributed by atoms with Crippen LogP contribution in [-0.2, 0) is 11.3 Å². The average Bonchev–Trinajstić information content (AvgIpc) is 3.22. The van der Waals surface area contributed by atoms with Crippen LogP contribution in [0.2, 0.25) is 0 Å². The lowest BCUT2D eigenvalue weighted by Crippen LogP contribution is -2.48. The summed E-state index contributed by atoms with van der Waals surface area (Å²) < 4.78 is 16.5. The highest BCUT2D eigenvalue weighted by atomic mass is 16.5. The van der Waals surface area contributed by atoms with Crippen LogP contribution in [0.1, 0.15) is 22.7 Å². The van der Waals surface area contributed by atoms with Crippen LogP contribution in [0, 0.1) is 6.92 Å². The summed E-state index contributed by atoms with van der Waals surface area (Å²) in [6, 6.07) is 9.27. The van der Waals surface area contributed by atoms with E-state index >= 15 is 0 Å². The third-order valence-electron chi connectivity index (χ3n) is 6.35. The fraction of sp³-hybridized carbons (Fsp3) is 0.400. The van der Waals surface area contributed by atoms with Crippen molar-refractivity contribution in [2.75, 3.05) is 47.5 Å². The molecule has 0 aliphatic carbocycles. The molecule has 1 aliphatic heterocycles. The molecule has 3 aromatic rings. The molecule has 0 spiro atoms. The Kier molecular flexibility index (Phi) is 6.76. The molecular weight excluding hydrogens is 422 g/mol. The second-order valence-electron chi connectivity index (χ2n) is 8.34. The van der Waals surface area contributed by atoms with Crippen molar-refractivity contribution in [3.8, 4) is 17.2 Å². The van der Waals surface area contributed by atoms with E-state index in [0.717, 1.165) is 40.7 Å². The highest BCUT2D eigenvalue weighted by molar-refractivity contribution is 5.89. The van der Waals surface area contributed by atoms with Crippen molar-refractivity contribution in [2.45, 2.75) is 19.5 Å². The molecule has 4 rings (SSSR count). The number of nitrogens with zero attached hydrogens (tertiary/aromatic N) is 2. The smallest absolute Gasteiger partial charge is 0.325 e.